The highest BCUT2D eigenvalue weighted by molar-refractivity contribution is 7.93. The number of amides is 3. The van der Waals surface area contributed by atoms with Crippen LogP contribution in [-0.2, 0) is 24.2 Å². The van der Waals surface area contributed by atoms with Crippen molar-refractivity contribution in [3.63, 3.8) is 0 Å². The SMILES string of the molecule is CC[C@](C)(C(=O)NC1CCCCC1)N(C)C(=O)[C@H]1N2C(=O)C[C@H]2S(=O)(=O)C1(C)C. The van der Waals surface area contributed by atoms with Gasteiger partial charge in [0.25, 0.3) is 0 Å². The number of fused-ring (bicyclic) bond motifs is 1. The van der Waals surface area contributed by atoms with Crippen LogP contribution in [0, 0.1) is 0 Å². The fourth-order valence-electron chi connectivity index (χ4n) is 4.79. The lowest BCUT2D eigenvalue weighted by atomic mass is 9.89. The van der Waals surface area contributed by atoms with Crippen LogP contribution in [0.5, 0.6) is 0 Å². The van der Waals surface area contributed by atoms with Crippen molar-refractivity contribution < 1.29 is 22.8 Å². The molecular formula is C20H33N3O5S. The van der Waals surface area contributed by atoms with Crippen molar-refractivity contribution in [1.29, 1.82) is 0 Å². The van der Waals surface area contributed by atoms with Crippen molar-refractivity contribution in [2.75, 3.05) is 7.05 Å². The minimum absolute atomic E-state index is 0.0769. The quantitative estimate of drug-likeness (QED) is 0.664. The Hall–Kier alpha value is -1.64. The average Bonchev–Trinajstić information content (AvgIpc) is 2.80. The van der Waals surface area contributed by atoms with Gasteiger partial charge in [-0.2, -0.15) is 0 Å². The molecule has 3 rings (SSSR count). The molecule has 9 heteroatoms. The van der Waals surface area contributed by atoms with Crippen molar-refractivity contribution in [2.45, 2.75) is 100 Å². The first-order chi connectivity index (χ1) is 13.4. The number of nitrogens with zero attached hydrogens (tertiary/aromatic N) is 2. The molecule has 8 nitrogen and oxygen atoms in total. The minimum Gasteiger partial charge on any atom is -0.351 e. The standard InChI is InChI=1S/C20H33N3O5S/c1-6-20(4,18(26)21-13-10-8-7-9-11-13)22(5)17(25)16-19(2,3)29(27,28)15-12-14(24)23(15)16/h13,15-16H,6-12H2,1-5H3,(H,21,26)/t15-,16-,20-/m1/s1. The Bertz CT molecular complexity index is 818. The van der Waals surface area contributed by atoms with Crippen LogP contribution >= 0.6 is 0 Å². The maximum atomic E-state index is 13.5. The fraction of sp³-hybridized carbons (Fsp3) is 0.850. The minimum atomic E-state index is -3.66. The number of hydrogen-bond donors (Lipinski definition) is 1. The molecule has 3 amide bonds. The Balaban J connectivity index is 1.85. The smallest absolute Gasteiger partial charge is 0.247 e. The zero-order valence-electron chi connectivity index (χ0n) is 18.0. The van der Waals surface area contributed by atoms with Crippen LogP contribution in [0.15, 0.2) is 0 Å². The Morgan fingerprint density at radius 3 is 2.34 bits per heavy atom. The first-order valence-corrected chi connectivity index (χ1v) is 12.1. The van der Waals surface area contributed by atoms with Crippen LogP contribution in [0.3, 0.4) is 0 Å². The molecule has 0 spiro atoms. The molecule has 0 aromatic rings. The van der Waals surface area contributed by atoms with Gasteiger partial charge in [-0.1, -0.05) is 26.2 Å². The summed E-state index contributed by atoms with van der Waals surface area (Å²) in [5.41, 5.74) is -1.12. The molecule has 1 N–H and O–H groups in total. The highest BCUT2D eigenvalue weighted by atomic mass is 32.2. The monoisotopic (exact) mass is 427 g/mol. The van der Waals surface area contributed by atoms with E-state index in [1.807, 2.05) is 6.92 Å². The van der Waals surface area contributed by atoms with Gasteiger partial charge in [-0.25, -0.2) is 8.42 Å². The summed E-state index contributed by atoms with van der Waals surface area (Å²) in [5, 5.41) is 2.15. The van der Waals surface area contributed by atoms with Crippen LogP contribution in [0.1, 0.15) is 72.6 Å². The number of carbonyl (C=O) groups is 3. The largest absolute Gasteiger partial charge is 0.351 e. The van der Waals surface area contributed by atoms with Gasteiger partial charge in [0.1, 0.15) is 17.0 Å². The fourth-order valence-corrected chi connectivity index (χ4v) is 6.92. The van der Waals surface area contributed by atoms with E-state index < -0.39 is 37.4 Å². The predicted molar refractivity (Wildman–Crippen MR) is 109 cm³/mol. The normalized spacial score (nSPS) is 30.1. The average molecular weight is 428 g/mol. The molecule has 2 aliphatic heterocycles. The van der Waals surface area contributed by atoms with Gasteiger partial charge in [0.15, 0.2) is 9.84 Å². The molecule has 1 aliphatic carbocycles. The Morgan fingerprint density at radius 1 is 1.24 bits per heavy atom. The molecule has 0 aromatic heterocycles. The maximum absolute atomic E-state index is 13.5. The van der Waals surface area contributed by atoms with E-state index in [0.29, 0.717) is 6.42 Å². The van der Waals surface area contributed by atoms with E-state index in [4.69, 9.17) is 0 Å². The zero-order chi connectivity index (χ0) is 21.8. The lowest BCUT2D eigenvalue weighted by Gasteiger charge is -2.43. The first-order valence-electron chi connectivity index (χ1n) is 10.5. The van der Waals surface area contributed by atoms with E-state index in [1.54, 1.807) is 6.92 Å². The molecule has 0 aromatic carbocycles. The third-order valence-corrected chi connectivity index (χ3v) is 10.2. The second kappa shape index (κ2) is 7.25. The second-order valence-corrected chi connectivity index (χ2v) is 12.0. The molecular weight excluding hydrogens is 394 g/mol. The van der Waals surface area contributed by atoms with E-state index >= 15 is 0 Å². The number of hydrogen-bond acceptors (Lipinski definition) is 5. The zero-order valence-corrected chi connectivity index (χ0v) is 18.8. The van der Waals surface area contributed by atoms with E-state index in [1.165, 1.54) is 37.1 Å². The molecule has 0 bridgehead atoms. The van der Waals surface area contributed by atoms with Gasteiger partial charge in [0.2, 0.25) is 17.7 Å². The molecule has 3 aliphatic rings. The predicted octanol–water partition coefficient (Wildman–Crippen LogP) is 1.20. The highest BCUT2D eigenvalue weighted by Gasteiger charge is 2.68. The summed E-state index contributed by atoms with van der Waals surface area (Å²) in [5.74, 6) is -1.06. The summed E-state index contributed by atoms with van der Waals surface area (Å²) < 4.78 is 24.3. The van der Waals surface area contributed by atoms with Gasteiger partial charge in [0.05, 0.1) is 11.2 Å². The Labute approximate surface area is 173 Å². The number of β-lactam (4-membered cyclic amide) rings is 1. The Morgan fingerprint density at radius 2 is 1.83 bits per heavy atom. The molecule has 2 saturated heterocycles. The van der Waals surface area contributed by atoms with E-state index in [9.17, 15) is 22.8 Å². The van der Waals surface area contributed by atoms with Crippen molar-refractivity contribution in [1.82, 2.24) is 15.1 Å². The molecule has 0 radical (unpaired) electrons. The van der Waals surface area contributed by atoms with E-state index in [-0.39, 0.29) is 24.3 Å². The van der Waals surface area contributed by atoms with Crippen molar-refractivity contribution in [2.24, 2.45) is 0 Å². The number of nitrogens with one attached hydrogen (secondary N) is 1. The van der Waals surface area contributed by atoms with Gasteiger partial charge >= 0.3 is 0 Å². The lowest BCUT2D eigenvalue weighted by Crippen LogP contribution is -2.65. The summed E-state index contributed by atoms with van der Waals surface area (Å²) >= 11 is 0. The molecule has 164 valence electrons. The van der Waals surface area contributed by atoms with Gasteiger partial charge < -0.3 is 15.1 Å². The molecule has 29 heavy (non-hydrogen) atoms. The second-order valence-electron chi connectivity index (χ2n) is 9.34. The third-order valence-electron chi connectivity index (χ3n) is 7.40. The summed E-state index contributed by atoms with van der Waals surface area (Å²) in [6, 6.07) is -1.01. The summed E-state index contributed by atoms with van der Waals surface area (Å²) in [6.45, 7) is 6.53. The molecule has 3 fully saturated rings. The lowest BCUT2D eigenvalue weighted by molar-refractivity contribution is -0.158. The van der Waals surface area contributed by atoms with Crippen molar-refractivity contribution in [3.8, 4) is 0 Å². The molecule has 3 atom stereocenters. The van der Waals surface area contributed by atoms with Crippen LogP contribution in [0.4, 0.5) is 0 Å². The number of carbonyl (C=O) groups excluding carboxylic acids is 3. The molecule has 2 heterocycles. The highest BCUT2D eigenvalue weighted by Crippen LogP contribution is 2.46. The van der Waals surface area contributed by atoms with Crippen LogP contribution in [0.2, 0.25) is 0 Å². The van der Waals surface area contributed by atoms with Gasteiger partial charge in [-0.3, -0.25) is 14.4 Å². The summed E-state index contributed by atoms with van der Waals surface area (Å²) in [6.07, 6.45) is 5.50. The van der Waals surface area contributed by atoms with Crippen LogP contribution in [0.25, 0.3) is 0 Å². The van der Waals surface area contributed by atoms with E-state index in [0.717, 1.165) is 25.7 Å². The third kappa shape index (κ3) is 3.16. The first kappa shape index (κ1) is 22.1. The van der Waals surface area contributed by atoms with Gasteiger partial charge in [-0.05, 0) is 40.0 Å². The number of sulfone groups is 1. The topological polar surface area (TPSA) is 104 Å². The van der Waals surface area contributed by atoms with E-state index in [2.05, 4.69) is 5.32 Å². The van der Waals surface area contributed by atoms with Crippen molar-refractivity contribution >= 4 is 27.6 Å². The van der Waals surface area contributed by atoms with Gasteiger partial charge in [0, 0.05) is 13.1 Å². The Kier molecular flexibility index (Phi) is 5.51. The van der Waals surface area contributed by atoms with Crippen LogP contribution in [-0.4, -0.2) is 70.7 Å². The summed E-state index contributed by atoms with van der Waals surface area (Å²) in [7, 11) is -2.13. The molecule has 0 unspecified atom stereocenters. The number of rotatable bonds is 5. The summed E-state index contributed by atoms with van der Waals surface area (Å²) in [4.78, 5) is 41.3. The number of likely N-dealkylation sites (N-methyl/N-ethyl adjacent to an activating group) is 1. The van der Waals surface area contributed by atoms with Crippen LogP contribution < -0.4 is 5.32 Å². The van der Waals surface area contributed by atoms with Gasteiger partial charge in [-0.15, -0.1) is 0 Å². The maximum Gasteiger partial charge on any atom is 0.247 e. The molecule has 1 saturated carbocycles. The van der Waals surface area contributed by atoms with Crippen molar-refractivity contribution in [3.05, 3.63) is 0 Å².